The van der Waals surface area contributed by atoms with E-state index in [9.17, 15) is 23.4 Å². The number of esters is 1. The molecule has 0 aromatic heterocycles. The first kappa shape index (κ1) is 26.6. The molecule has 3 saturated heterocycles. The Labute approximate surface area is 203 Å². The van der Waals surface area contributed by atoms with Crippen LogP contribution >= 0.6 is 0 Å². The summed E-state index contributed by atoms with van der Waals surface area (Å²) in [5, 5.41) is 5.87. The lowest BCUT2D eigenvalue weighted by Gasteiger charge is -2.37. The van der Waals surface area contributed by atoms with Crippen molar-refractivity contribution in [3.05, 3.63) is 0 Å². The van der Waals surface area contributed by atoms with E-state index in [0.717, 1.165) is 32.2 Å². The Kier molecular flexibility index (Phi) is 9.84. The third kappa shape index (κ3) is 6.76. The van der Waals surface area contributed by atoms with Crippen LogP contribution in [-0.2, 0) is 34.9 Å². The molecule has 3 N–H and O–H groups in total. The number of rotatable bonds is 9. The molecule has 0 aromatic rings. The highest BCUT2D eigenvalue weighted by Crippen LogP contribution is 2.26. The molecule has 3 rings (SSSR count). The van der Waals surface area contributed by atoms with Gasteiger partial charge in [-0.15, -0.1) is 0 Å². The summed E-state index contributed by atoms with van der Waals surface area (Å²) in [4.78, 5) is 54.4. The summed E-state index contributed by atoms with van der Waals surface area (Å²) in [5.41, 5.74) is 0. The van der Waals surface area contributed by atoms with Crippen LogP contribution < -0.4 is 15.4 Å². The molecule has 5 unspecified atom stereocenters. The van der Waals surface area contributed by atoms with E-state index in [1.54, 1.807) is 4.90 Å². The van der Waals surface area contributed by atoms with Gasteiger partial charge in [0.2, 0.25) is 17.7 Å². The van der Waals surface area contributed by atoms with Crippen LogP contribution in [0.25, 0.3) is 0 Å². The third-order valence-corrected chi connectivity index (χ3v) is 7.25. The van der Waals surface area contributed by atoms with E-state index in [1.807, 2.05) is 6.92 Å². The average Bonchev–Trinajstić information content (AvgIpc) is 3.49. The van der Waals surface area contributed by atoms with Crippen molar-refractivity contribution >= 4 is 34.7 Å². The maximum absolute atomic E-state index is 13.6. The first-order valence-corrected chi connectivity index (χ1v) is 13.7. The van der Waals surface area contributed by atoms with Gasteiger partial charge in [0, 0.05) is 31.9 Å². The number of amides is 3. The molecule has 3 amide bonds. The first-order valence-electron chi connectivity index (χ1n) is 12.2. The van der Waals surface area contributed by atoms with E-state index < -0.39 is 23.1 Å². The Morgan fingerprint density at radius 1 is 1.09 bits per heavy atom. The Hall–Kier alpha value is -2.05. The van der Waals surface area contributed by atoms with Crippen LogP contribution in [0.2, 0.25) is 0 Å². The fourth-order valence-corrected chi connectivity index (χ4v) is 5.63. The van der Waals surface area contributed by atoms with Crippen molar-refractivity contribution < 1.29 is 28.1 Å². The highest BCUT2D eigenvalue weighted by molar-refractivity contribution is 7.82. The number of ether oxygens (including phenoxy) is 1. The molecular weight excluding hydrogens is 462 g/mol. The van der Waals surface area contributed by atoms with Gasteiger partial charge in [-0.25, -0.2) is 8.93 Å². The summed E-state index contributed by atoms with van der Waals surface area (Å²) < 4.78 is 19.9. The van der Waals surface area contributed by atoms with E-state index in [-0.39, 0.29) is 55.3 Å². The maximum atomic E-state index is 13.6. The highest BCUT2D eigenvalue weighted by atomic mass is 32.2. The predicted octanol–water partition coefficient (Wildman–Crippen LogP) is -0.958. The maximum Gasteiger partial charge on any atom is 0.323 e. The predicted molar refractivity (Wildman–Crippen MR) is 126 cm³/mol. The molecule has 11 nitrogen and oxygen atoms in total. The topological polar surface area (TPSA) is 137 Å². The van der Waals surface area contributed by atoms with Gasteiger partial charge in [-0.3, -0.25) is 19.2 Å². The highest BCUT2D eigenvalue weighted by Gasteiger charge is 2.44. The van der Waals surface area contributed by atoms with Gasteiger partial charge in [0.25, 0.3) is 0 Å². The Balaban J connectivity index is 1.66. The molecular formula is C22H37N5O6S. The minimum atomic E-state index is -1.30. The average molecular weight is 500 g/mol. The second-order valence-electron chi connectivity index (χ2n) is 9.07. The summed E-state index contributed by atoms with van der Waals surface area (Å²) in [7, 11) is -1.30. The molecule has 3 aliphatic rings. The standard InChI is InChI=1S/C22H37N5O6S/c1-3-23-20(29)17-8-4-5-11-26(17)21(30)18-13-15(25-34(2)32)14-27(18)19(28)9-12-33-22(31)16-7-6-10-24-16/h15-18,24-25H,3-14H2,1-2H3,(H,23,29). The van der Waals surface area contributed by atoms with Crippen LogP contribution in [0.15, 0.2) is 0 Å². The number of nitrogens with zero attached hydrogens (tertiary/aromatic N) is 2. The van der Waals surface area contributed by atoms with Crippen LogP contribution in [-0.4, -0.2) is 101 Å². The van der Waals surface area contributed by atoms with Gasteiger partial charge in [0.1, 0.15) is 24.7 Å². The molecule has 3 aliphatic heterocycles. The number of hydrogen-bond acceptors (Lipinski definition) is 7. The van der Waals surface area contributed by atoms with Crippen molar-refractivity contribution in [2.75, 3.05) is 39.0 Å². The molecule has 0 bridgehead atoms. The SMILES string of the molecule is CCNC(=O)C1CCCCN1C(=O)C1CC(NS(C)=O)CN1C(=O)CCOC(=O)C1CCCN1. The van der Waals surface area contributed by atoms with Gasteiger partial charge in [-0.1, -0.05) is 0 Å². The van der Waals surface area contributed by atoms with Gasteiger partial charge in [0.15, 0.2) is 0 Å². The molecule has 0 aromatic carbocycles. The smallest absolute Gasteiger partial charge is 0.323 e. The van der Waals surface area contributed by atoms with Crippen molar-refractivity contribution in [1.82, 2.24) is 25.2 Å². The molecule has 5 atom stereocenters. The number of hydrogen-bond donors (Lipinski definition) is 3. The zero-order chi connectivity index (χ0) is 24.7. The number of likely N-dealkylation sites (tertiary alicyclic amines) is 2. The molecule has 0 radical (unpaired) electrons. The van der Waals surface area contributed by atoms with Crippen LogP contribution in [0.4, 0.5) is 0 Å². The molecule has 12 heteroatoms. The number of nitrogens with one attached hydrogen (secondary N) is 3. The van der Waals surface area contributed by atoms with Gasteiger partial charge >= 0.3 is 5.97 Å². The summed E-state index contributed by atoms with van der Waals surface area (Å²) >= 11 is 0. The summed E-state index contributed by atoms with van der Waals surface area (Å²) in [6, 6.07) is -1.93. The molecule has 34 heavy (non-hydrogen) atoms. The van der Waals surface area contributed by atoms with Crippen molar-refractivity contribution in [1.29, 1.82) is 0 Å². The third-order valence-electron chi connectivity index (χ3n) is 6.58. The summed E-state index contributed by atoms with van der Waals surface area (Å²) in [6.45, 7) is 3.72. The van der Waals surface area contributed by atoms with Crippen LogP contribution in [0.3, 0.4) is 0 Å². The first-order chi connectivity index (χ1) is 16.3. The molecule has 0 saturated carbocycles. The summed E-state index contributed by atoms with van der Waals surface area (Å²) in [5.74, 6) is -1.10. The van der Waals surface area contributed by atoms with E-state index in [2.05, 4.69) is 15.4 Å². The number of piperidine rings is 1. The van der Waals surface area contributed by atoms with Crippen LogP contribution in [0, 0.1) is 0 Å². The van der Waals surface area contributed by atoms with Gasteiger partial charge in [0.05, 0.1) is 17.4 Å². The minimum absolute atomic E-state index is 0.0378. The summed E-state index contributed by atoms with van der Waals surface area (Å²) in [6.07, 6.45) is 5.67. The largest absolute Gasteiger partial charge is 0.464 e. The molecule has 3 fully saturated rings. The quantitative estimate of drug-likeness (QED) is 0.348. The van der Waals surface area contributed by atoms with Crippen molar-refractivity contribution in [3.8, 4) is 0 Å². The zero-order valence-corrected chi connectivity index (χ0v) is 20.9. The number of carbonyl (C=O) groups excluding carboxylic acids is 4. The lowest BCUT2D eigenvalue weighted by molar-refractivity contribution is -0.151. The van der Waals surface area contributed by atoms with Crippen molar-refractivity contribution in [2.24, 2.45) is 0 Å². The van der Waals surface area contributed by atoms with Crippen LogP contribution in [0.1, 0.15) is 51.9 Å². The molecule has 3 heterocycles. The van der Waals surface area contributed by atoms with E-state index in [0.29, 0.717) is 25.9 Å². The Morgan fingerprint density at radius 3 is 2.56 bits per heavy atom. The zero-order valence-electron chi connectivity index (χ0n) is 20.0. The molecule has 192 valence electrons. The molecule has 0 aliphatic carbocycles. The van der Waals surface area contributed by atoms with Crippen LogP contribution in [0.5, 0.6) is 0 Å². The van der Waals surface area contributed by atoms with E-state index in [4.69, 9.17) is 4.74 Å². The lowest BCUT2D eigenvalue weighted by Crippen LogP contribution is -2.57. The van der Waals surface area contributed by atoms with Crippen molar-refractivity contribution in [3.63, 3.8) is 0 Å². The van der Waals surface area contributed by atoms with Gasteiger partial charge in [-0.05, 0) is 52.0 Å². The number of carbonyl (C=O) groups is 4. The van der Waals surface area contributed by atoms with Gasteiger partial charge in [-0.2, -0.15) is 0 Å². The fraction of sp³-hybridized carbons (Fsp3) is 0.818. The lowest BCUT2D eigenvalue weighted by atomic mass is 9.99. The van der Waals surface area contributed by atoms with Crippen molar-refractivity contribution in [2.45, 2.75) is 76.0 Å². The molecule has 0 spiro atoms. The Bertz CT molecular complexity index is 790. The second-order valence-corrected chi connectivity index (χ2v) is 10.2. The second kappa shape index (κ2) is 12.6. The monoisotopic (exact) mass is 499 g/mol. The minimum Gasteiger partial charge on any atom is -0.464 e. The van der Waals surface area contributed by atoms with E-state index >= 15 is 0 Å². The Morgan fingerprint density at radius 2 is 1.88 bits per heavy atom. The fourth-order valence-electron chi connectivity index (χ4n) is 4.99. The van der Waals surface area contributed by atoms with E-state index in [1.165, 1.54) is 11.2 Å². The van der Waals surface area contributed by atoms with Gasteiger partial charge < -0.3 is 25.2 Å². The normalized spacial score (nSPS) is 27.9. The number of likely N-dealkylation sites (N-methyl/N-ethyl adjacent to an activating group) is 1.